The van der Waals surface area contributed by atoms with E-state index in [4.69, 9.17) is 16.4 Å². The molecule has 0 aliphatic carbocycles. The molecule has 0 unspecified atom stereocenters. The molecule has 3 aromatic rings. The Kier molecular flexibility index (Phi) is 5.56. The molecular weight excluding hydrogens is 384 g/mol. The predicted molar refractivity (Wildman–Crippen MR) is 114 cm³/mol. The van der Waals surface area contributed by atoms with Gasteiger partial charge >= 0.3 is 6.03 Å². The fourth-order valence-electron chi connectivity index (χ4n) is 3.61. The molecule has 5 heteroatoms. The molecule has 0 N–H and O–H groups in total. The minimum atomic E-state index is -0.381. The molecule has 29 heavy (non-hydrogen) atoms. The molecule has 3 atom stereocenters. The zero-order valence-electron chi connectivity index (χ0n) is 16.4. The summed E-state index contributed by atoms with van der Waals surface area (Å²) in [6.45, 7) is 4.10. The van der Waals surface area contributed by atoms with Gasteiger partial charge in [-0.25, -0.2) is 9.63 Å². The first-order valence-corrected chi connectivity index (χ1v) is 10.1. The van der Waals surface area contributed by atoms with Crippen LogP contribution < -0.4 is 0 Å². The molecule has 3 aromatic carbocycles. The summed E-state index contributed by atoms with van der Waals surface area (Å²) in [6.07, 6.45) is -0.381. The second-order valence-electron chi connectivity index (χ2n) is 7.20. The van der Waals surface area contributed by atoms with Gasteiger partial charge in [0.1, 0.15) is 0 Å². The zero-order valence-corrected chi connectivity index (χ0v) is 17.2. The van der Waals surface area contributed by atoms with E-state index in [-0.39, 0.29) is 24.3 Å². The maximum atomic E-state index is 13.5. The van der Waals surface area contributed by atoms with Gasteiger partial charge in [-0.15, -0.1) is 0 Å². The van der Waals surface area contributed by atoms with Crippen LogP contribution in [0.5, 0.6) is 0 Å². The van der Waals surface area contributed by atoms with Gasteiger partial charge in [0.2, 0.25) is 6.23 Å². The van der Waals surface area contributed by atoms with Crippen LogP contribution in [0.3, 0.4) is 0 Å². The number of halogens is 1. The zero-order chi connectivity index (χ0) is 20.4. The number of hydrogen-bond acceptors (Lipinski definition) is 2. The summed E-state index contributed by atoms with van der Waals surface area (Å²) < 4.78 is 0. The Bertz CT molecular complexity index is 918. The van der Waals surface area contributed by atoms with Gasteiger partial charge in [-0.05, 0) is 37.1 Å². The normalized spacial score (nSPS) is 17.5. The summed E-state index contributed by atoms with van der Waals surface area (Å²) in [5.41, 5.74) is 3.06. The van der Waals surface area contributed by atoms with E-state index in [9.17, 15) is 4.79 Å². The third-order valence-electron chi connectivity index (χ3n) is 5.34. The molecule has 2 amide bonds. The third kappa shape index (κ3) is 4.14. The molecular formula is C24H23ClN2O2. The molecule has 0 radical (unpaired) electrons. The standard InChI is InChI=1S/C24H23ClN2O2/c1-17(19-9-5-3-6-10-19)26(18(2)20-11-7-4-8-12-20)24(28)27-23(29-27)21-13-15-22(25)16-14-21/h3-18,23H,1-2H3/t17-,18-,23+,27?/m1/s1. The second kappa shape index (κ2) is 8.27. The maximum Gasteiger partial charge on any atom is 0.347 e. The highest BCUT2D eigenvalue weighted by molar-refractivity contribution is 6.30. The minimum absolute atomic E-state index is 0.117. The number of carbonyl (C=O) groups is 1. The van der Waals surface area contributed by atoms with Gasteiger partial charge < -0.3 is 4.90 Å². The van der Waals surface area contributed by atoms with Crippen molar-refractivity contribution in [2.24, 2.45) is 0 Å². The predicted octanol–water partition coefficient (Wildman–Crippen LogP) is 6.53. The number of nitrogens with zero attached hydrogens (tertiary/aromatic N) is 2. The van der Waals surface area contributed by atoms with Crippen LogP contribution in [-0.2, 0) is 4.84 Å². The lowest BCUT2D eigenvalue weighted by Crippen LogP contribution is -2.39. The highest BCUT2D eigenvalue weighted by atomic mass is 35.5. The largest absolute Gasteiger partial charge is 0.347 e. The quantitative estimate of drug-likeness (QED) is 0.451. The van der Waals surface area contributed by atoms with E-state index in [1.807, 2.05) is 91.5 Å². The van der Waals surface area contributed by atoms with Gasteiger partial charge in [-0.1, -0.05) is 84.4 Å². The Morgan fingerprint density at radius 1 is 0.862 bits per heavy atom. The lowest BCUT2D eigenvalue weighted by molar-refractivity contribution is 0.105. The fraction of sp³-hybridized carbons (Fsp3) is 0.208. The lowest BCUT2D eigenvalue weighted by atomic mass is 10.0. The highest BCUT2D eigenvalue weighted by Crippen LogP contribution is 2.41. The number of urea groups is 1. The van der Waals surface area contributed by atoms with Crippen molar-refractivity contribution in [3.63, 3.8) is 0 Å². The van der Waals surface area contributed by atoms with Crippen molar-refractivity contribution >= 4 is 17.6 Å². The Labute approximate surface area is 176 Å². The van der Waals surface area contributed by atoms with Crippen LogP contribution in [-0.4, -0.2) is 16.0 Å². The van der Waals surface area contributed by atoms with Crippen LogP contribution in [0, 0.1) is 0 Å². The number of benzene rings is 3. The lowest BCUT2D eigenvalue weighted by Gasteiger charge is -2.34. The van der Waals surface area contributed by atoms with Crippen LogP contribution in [0.15, 0.2) is 84.9 Å². The van der Waals surface area contributed by atoms with Crippen LogP contribution in [0.25, 0.3) is 0 Å². The maximum absolute atomic E-state index is 13.5. The summed E-state index contributed by atoms with van der Waals surface area (Å²) in [6, 6.07) is 27.1. The smallest absolute Gasteiger partial charge is 0.309 e. The minimum Gasteiger partial charge on any atom is -0.309 e. The first-order valence-electron chi connectivity index (χ1n) is 9.70. The molecule has 0 saturated carbocycles. The number of carbonyl (C=O) groups excluding carboxylic acids is 1. The van der Waals surface area contributed by atoms with E-state index in [0.717, 1.165) is 16.7 Å². The molecule has 4 nitrogen and oxygen atoms in total. The van der Waals surface area contributed by atoms with Crippen molar-refractivity contribution in [3.05, 3.63) is 107 Å². The van der Waals surface area contributed by atoms with Gasteiger partial charge in [0, 0.05) is 10.6 Å². The molecule has 1 fully saturated rings. The van der Waals surface area contributed by atoms with Crippen molar-refractivity contribution in [1.82, 2.24) is 9.96 Å². The molecule has 1 aliphatic rings. The fourth-order valence-corrected chi connectivity index (χ4v) is 3.74. The van der Waals surface area contributed by atoms with Gasteiger partial charge in [0.25, 0.3) is 0 Å². The topological polar surface area (TPSA) is 35.9 Å². The Hall–Kier alpha value is -2.82. The highest BCUT2D eigenvalue weighted by Gasteiger charge is 2.47. The number of rotatable bonds is 5. The van der Waals surface area contributed by atoms with Crippen molar-refractivity contribution < 1.29 is 9.63 Å². The van der Waals surface area contributed by atoms with Gasteiger partial charge in [-0.2, -0.15) is 5.06 Å². The van der Waals surface area contributed by atoms with Crippen molar-refractivity contribution in [1.29, 1.82) is 0 Å². The van der Waals surface area contributed by atoms with Crippen molar-refractivity contribution in [2.75, 3.05) is 0 Å². The molecule has 4 rings (SSSR count). The molecule has 0 aromatic heterocycles. The second-order valence-corrected chi connectivity index (χ2v) is 7.63. The Morgan fingerprint density at radius 2 is 1.34 bits per heavy atom. The first kappa shape index (κ1) is 19.5. The van der Waals surface area contributed by atoms with Crippen LogP contribution in [0.1, 0.15) is 48.8 Å². The molecule has 148 valence electrons. The van der Waals surface area contributed by atoms with Gasteiger partial charge in [0.15, 0.2) is 0 Å². The number of hydrogen-bond donors (Lipinski definition) is 0. The molecule has 1 heterocycles. The number of amides is 2. The summed E-state index contributed by atoms with van der Waals surface area (Å²) in [7, 11) is 0. The molecule has 1 aliphatic heterocycles. The van der Waals surface area contributed by atoms with Crippen LogP contribution in [0.4, 0.5) is 4.79 Å². The molecule has 1 saturated heterocycles. The van der Waals surface area contributed by atoms with Crippen molar-refractivity contribution in [2.45, 2.75) is 32.2 Å². The monoisotopic (exact) mass is 406 g/mol. The Morgan fingerprint density at radius 3 is 1.83 bits per heavy atom. The molecule has 0 spiro atoms. The van der Waals surface area contributed by atoms with E-state index in [1.165, 1.54) is 5.06 Å². The molecule has 0 bridgehead atoms. The van der Waals surface area contributed by atoms with Gasteiger partial charge in [-0.3, -0.25) is 0 Å². The Balaban J connectivity index is 1.61. The SMILES string of the molecule is C[C@H](c1ccccc1)N(C(=O)N1O[C@H]1c1ccc(Cl)cc1)[C@H](C)c1ccccc1. The summed E-state index contributed by atoms with van der Waals surface area (Å²) >= 11 is 5.98. The van der Waals surface area contributed by atoms with E-state index in [1.54, 1.807) is 12.1 Å². The van der Waals surface area contributed by atoms with Crippen LogP contribution >= 0.6 is 11.6 Å². The summed E-state index contributed by atoms with van der Waals surface area (Å²) in [5.74, 6) is 0. The average molecular weight is 407 g/mol. The van der Waals surface area contributed by atoms with Crippen LogP contribution in [0.2, 0.25) is 5.02 Å². The summed E-state index contributed by atoms with van der Waals surface area (Å²) in [5, 5.41) is 2.09. The first-order chi connectivity index (χ1) is 14.1. The van der Waals surface area contributed by atoms with E-state index in [0.29, 0.717) is 5.02 Å². The van der Waals surface area contributed by atoms with E-state index in [2.05, 4.69) is 0 Å². The van der Waals surface area contributed by atoms with E-state index < -0.39 is 0 Å². The van der Waals surface area contributed by atoms with E-state index >= 15 is 0 Å². The average Bonchev–Trinajstić information content (AvgIpc) is 3.56. The summed E-state index contributed by atoms with van der Waals surface area (Å²) in [4.78, 5) is 21.0. The number of hydroxylamine groups is 2. The van der Waals surface area contributed by atoms with Gasteiger partial charge in [0.05, 0.1) is 12.1 Å². The van der Waals surface area contributed by atoms with Crippen molar-refractivity contribution in [3.8, 4) is 0 Å². The third-order valence-corrected chi connectivity index (χ3v) is 5.60.